The monoisotopic (exact) mass is 372 g/mol. The normalized spacial score (nSPS) is 31.0. The number of hydrogen-bond donors (Lipinski definition) is 7. The van der Waals surface area contributed by atoms with Crippen LogP contribution in [0.1, 0.15) is 16.8 Å². The number of carboxylic acid groups (broad SMARTS) is 1. The summed E-state index contributed by atoms with van der Waals surface area (Å²) in [6.45, 7) is -0.897. The standard InChI is InChI=1S/C15H20N2O9/c18-6-9(20)11(21)12-10(8(19)4-15(25,26-12)14(23)24)17-13(22)7-2-1-3-16-5-7/h1-3,5,8-12,18-21,25H,4,6H2,(H,17,22)(H,23,24)/t8-,9+,10+,11+,12+,15-/m0/s1. The first-order valence-corrected chi connectivity index (χ1v) is 7.69. The Labute approximate surface area is 147 Å². The number of aliphatic hydroxyl groups excluding tert-OH is 4. The summed E-state index contributed by atoms with van der Waals surface area (Å²) >= 11 is 0. The largest absolute Gasteiger partial charge is 0.477 e. The first-order chi connectivity index (χ1) is 12.2. The summed E-state index contributed by atoms with van der Waals surface area (Å²) in [5.41, 5.74) is 0.120. The molecule has 1 fully saturated rings. The molecule has 1 amide bonds. The summed E-state index contributed by atoms with van der Waals surface area (Å²) in [6, 6.07) is 1.55. The highest BCUT2D eigenvalue weighted by molar-refractivity contribution is 5.94. The topological polar surface area (TPSA) is 190 Å². The van der Waals surface area contributed by atoms with E-state index in [-0.39, 0.29) is 5.56 Å². The van der Waals surface area contributed by atoms with E-state index in [1.165, 1.54) is 24.5 Å². The van der Waals surface area contributed by atoms with Gasteiger partial charge in [-0.05, 0) is 12.1 Å². The lowest BCUT2D eigenvalue weighted by Crippen LogP contribution is -2.67. The van der Waals surface area contributed by atoms with E-state index in [0.29, 0.717) is 0 Å². The average molecular weight is 372 g/mol. The molecule has 144 valence electrons. The van der Waals surface area contributed by atoms with Crippen molar-refractivity contribution >= 4 is 11.9 Å². The number of carbonyl (C=O) groups excluding carboxylic acids is 1. The molecule has 2 rings (SSSR count). The number of pyridine rings is 1. The smallest absolute Gasteiger partial charge is 0.364 e. The Morgan fingerprint density at radius 1 is 1.42 bits per heavy atom. The third-order valence-electron chi connectivity index (χ3n) is 4.06. The van der Waals surface area contributed by atoms with Crippen molar-refractivity contribution in [3.63, 3.8) is 0 Å². The van der Waals surface area contributed by atoms with Gasteiger partial charge in [0.25, 0.3) is 11.7 Å². The maximum absolute atomic E-state index is 12.3. The van der Waals surface area contributed by atoms with Crippen LogP contribution in [-0.2, 0) is 9.53 Å². The van der Waals surface area contributed by atoms with Gasteiger partial charge in [0.05, 0.1) is 24.3 Å². The van der Waals surface area contributed by atoms with Crippen LogP contribution in [0.4, 0.5) is 0 Å². The molecule has 0 saturated carbocycles. The summed E-state index contributed by atoms with van der Waals surface area (Å²) in [4.78, 5) is 27.2. The van der Waals surface area contributed by atoms with Gasteiger partial charge in [-0.1, -0.05) is 0 Å². The molecule has 0 aliphatic carbocycles. The second-order valence-electron chi connectivity index (χ2n) is 5.92. The summed E-state index contributed by atoms with van der Waals surface area (Å²) in [5.74, 6) is -5.36. The Balaban J connectivity index is 2.28. The molecule has 0 spiro atoms. The molecule has 26 heavy (non-hydrogen) atoms. The third-order valence-corrected chi connectivity index (χ3v) is 4.06. The number of carboxylic acids is 1. The van der Waals surface area contributed by atoms with Crippen LogP contribution in [0.2, 0.25) is 0 Å². The molecule has 1 aromatic heterocycles. The van der Waals surface area contributed by atoms with Crippen LogP contribution < -0.4 is 5.32 Å². The number of aliphatic carboxylic acids is 1. The molecule has 1 aliphatic rings. The lowest BCUT2D eigenvalue weighted by molar-refractivity contribution is -0.294. The zero-order valence-corrected chi connectivity index (χ0v) is 13.5. The van der Waals surface area contributed by atoms with Crippen molar-refractivity contribution < 1.29 is 45.0 Å². The van der Waals surface area contributed by atoms with Crippen molar-refractivity contribution in [2.75, 3.05) is 6.61 Å². The van der Waals surface area contributed by atoms with E-state index < -0.39 is 61.1 Å². The number of amides is 1. The van der Waals surface area contributed by atoms with Crippen LogP contribution in [0.25, 0.3) is 0 Å². The second-order valence-corrected chi connectivity index (χ2v) is 5.92. The van der Waals surface area contributed by atoms with Crippen LogP contribution in [0.5, 0.6) is 0 Å². The van der Waals surface area contributed by atoms with E-state index in [1.54, 1.807) is 0 Å². The lowest BCUT2D eigenvalue weighted by Gasteiger charge is -2.44. The highest BCUT2D eigenvalue weighted by Gasteiger charge is 2.54. The van der Waals surface area contributed by atoms with Crippen molar-refractivity contribution in [2.24, 2.45) is 0 Å². The van der Waals surface area contributed by atoms with Crippen LogP contribution in [0.15, 0.2) is 24.5 Å². The van der Waals surface area contributed by atoms with Gasteiger partial charge >= 0.3 is 5.97 Å². The van der Waals surface area contributed by atoms with Gasteiger partial charge in [0.15, 0.2) is 0 Å². The Kier molecular flexibility index (Phi) is 6.23. The van der Waals surface area contributed by atoms with Crippen molar-refractivity contribution in [1.29, 1.82) is 0 Å². The van der Waals surface area contributed by atoms with Crippen LogP contribution >= 0.6 is 0 Å². The molecule has 2 heterocycles. The zero-order chi connectivity index (χ0) is 19.5. The number of nitrogens with one attached hydrogen (secondary N) is 1. The van der Waals surface area contributed by atoms with Crippen LogP contribution in [0.3, 0.4) is 0 Å². The molecule has 1 aromatic rings. The van der Waals surface area contributed by atoms with Gasteiger partial charge in [-0.25, -0.2) is 4.79 Å². The molecular weight excluding hydrogens is 352 g/mol. The second kappa shape index (κ2) is 8.03. The highest BCUT2D eigenvalue weighted by Crippen LogP contribution is 2.30. The molecule has 0 unspecified atom stereocenters. The van der Waals surface area contributed by atoms with E-state index in [0.717, 1.165) is 0 Å². The van der Waals surface area contributed by atoms with Gasteiger partial charge in [-0.2, -0.15) is 0 Å². The van der Waals surface area contributed by atoms with E-state index in [2.05, 4.69) is 10.3 Å². The number of aromatic nitrogens is 1. The summed E-state index contributed by atoms with van der Waals surface area (Å²) < 4.78 is 4.98. The van der Waals surface area contributed by atoms with Crippen LogP contribution in [-0.4, -0.2) is 90.4 Å². The van der Waals surface area contributed by atoms with Gasteiger partial charge < -0.3 is 40.7 Å². The van der Waals surface area contributed by atoms with E-state index in [1.807, 2.05) is 0 Å². The number of aliphatic hydroxyl groups is 5. The quantitative estimate of drug-likeness (QED) is 0.268. The van der Waals surface area contributed by atoms with Crippen molar-refractivity contribution in [3.05, 3.63) is 30.1 Å². The molecule has 0 radical (unpaired) electrons. The molecule has 7 N–H and O–H groups in total. The minimum atomic E-state index is -2.84. The number of ether oxygens (including phenoxy) is 1. The fourth-order valence-corrected chi connectivity index (χ4v) is 2.63. The summed E-state index contributed by atoms with van der Waals surface area (Å²) in [5, 5.41) is 60.4. The summed E-state index contributed by atoms with van der Waals surface area (Å²) in [6.07, 6.45) is -5.13. The molecule has 1 aliphatic heterocycles. The molecule has 0 aromatic carbocycles. The van der Waals surface area contributed by atoms with Gasteiger partial charge in [0, 0.05) is 18.8 Å². The Hall–Kier alpha value is -2.15. The van der Waals surface area contributed by atoms with Crippen molar-refractivity contribution in [3.8, 4) is 0 Å². The van der Waals surface area contributed by atoms with Crippen molar-refractivity contribution in [2.45, 2.75) is 42.7 Å². The minimum Gasteiger partial charge on any atom is -0.477 e. The number of rotatable bonds is 6. The number of carbonyl (C=O) groups is 2. The maximum Gasteiger partial charge on any atom is 0.364 e. The predicted molar refractivity (Wildman–Crippen MR) is 82.7 cm³/mol. The first-order valence-electron chi connectivity index (χ1n) is 7.69. The SMILES string of the molecule is O=C(N[C@H]1[C@H]([C@H](O)[C@H](O)CO)O[C@](O)(C(=O)O)C[C@@H]1O)c1cccnc1. The van der Waals surface area contributed by atoms with Gasteiger partial charge in [0.1, 0.15) is 18.3 Å². The van der Waals surface area contributed by atoms with E-state index in [9.17, 15) is 30.0 Å². The van der Waals surface area contributed by atoms with E-state index >= 15 is 0 Å². The Morgan fingerprint density at radius 2 is 2.12 bits per heavy atom. The predicted octanol–water partition coefficient (Wildman–Crippen LogP) is -3.18. The van der Waals surface area contributed by atoms with E-state index in [4.69, 9.17) is 14.9 Å². The number of nitrogens with zero attached hydrogens (tertiary/aromatic N) is 1. The number of hydrogen-bond acceptors (Lipinski definition) is 9. The zero-order valence-electron chi connectivity index (χ0n) is 13.5. The molecule has 0 bridgehead atoms. The van der Waals surface area contributed by atoms with Gasteiger partial charge in [-0.3, -0.25) is 9.78 Å². The first kappa shape index (κ1) is 20.2. The maximum atomic E-state index is 12.3. The summed E-state index contributed by atoms with van der Waals surface area (Å²) in [7, 11) is 0. The molecule has 11 heteroatoms. The minimum absolute atomic E-state index is 0.120. The fourth-order valence-electron chi connectivity index (χ4n) is 2.63. The Bertz CT molecular complexity index is 643. The molecule has 11 nitrogen and oxygen atoms in total. The average Bonchev–Trinajstić information content (AvgIpc) is 2.62. The lowest BCUT2D eigenvalue weighted by atomic mass is 9.88. The molecule has 6 atom stereocenters. The third kappa shape index (κ3) is 4.15. The van der Waals surface area contributed by atoms with Gasteiger partial charge in [0.2, 0.25) is 0 Å². The van der Waals surface area contributed by atoms with Crippen molar-refractivity contribution in [1.82, 2.24) is 10.3 Å². The molecule has 1 saturated heterocycles. The molecular formula is C15H20N2O9. The fraction of sp³-hybridized carbons (Fsp3) is 0.533. The van der Waals surface area contributed by atoms with Gasteiger partial charge in [-0.15, -0.1) is 0 Å². The highest BCUT2D eigenvalue weighted by atomic mass is 16.7. The van der Waals surface area contributed by atoms with Crippen LogP contribution in [0, 0.1) is 0 Å². The Morgan fingerprint density at radius 3 is 2.65 bits per heavy atom.